The molecule has 5 heteroatoms. The lowest BCUT2D eigenvalue weighted by Crippen LogP contribution is -2.14. The molecule has 1 aromatic heterocycles. The van der Waals surface area contributed by atoms with E-state index in [0.29, 0.717) is 28.1 Å². The van der Waals surface area contributed by atoms with Crippen molar-refractivity contribution in [3.05, 3.63) is 46.2 Å². The van der Waals surface area contributed by atoms with Crippen LogP contribution in [0.3, 0.4) is 0 Å². The SMILES string of the molecule is CCOc1cccc(C(=O)c2c(Br)cnn2C(C)C)c1. The van der Waals surface area contributed by atoms with Crippen LogP contribution >= 0.6 is 15.9 Å². The maximum absolute atomic E-state index is 12.7. The van der Waals surface area contributed by atoms with E-state index in [2.05, 4.69) is 21.0 Å². The molecule has 106 valence electrons. The van der Waals surface area contributed by atoms with Gasteiger partial charge in [0.15, 0.2) is 0 Å². The Morgan fingerprint density at radius 3 is 2.85 bits per heavy atom. The van der Waals surface area contributed by atoms with Crippen molar-refractivity contribution in [2.45, 2.75) is 26.8 Å². The number of ether oxygens (including phenoxy) is 1. The second kappa shape index (κ2) is 6.22. The van der Waals surface area contributed by atoms with Crippen molar-refractivity contribution in [1.82, 2.24) is 9.78 Å². The molecule has 0 aliphatic carbocycles. The van der Waals surface area contributed by atoms with Gasteiger partial charge in [-0.05, 0) is 48.8 Å². The van der Waals surface area contributed by atoms with E-state index >= 15 is 0 Å². The third-order valence-electron chi connectivity index (χ3n) is 2.86. The van der Waals surface area contributed by atoms with Crippen LogP contribution in [0.25, 0.3) is 0 Å². The molecule has 4 nitrogen and oxygen atoms in total. The maximum Gasteiger partial charge on any atom is 0.212 e. The molecule has 0 unspecified atom stereocenters. The second-order valence-corrected chi connectivity index (χ2v) is 5.52. The Hall–Kier alpha value is -1.62. The van der Waals surface area contributed by atoms with Gasteiger partial charge in [-0.2, -0.15) is 5.10 Å². The van der Waals surface area contributed by atoms with Crippen molar-refractivity contribution in [3.63, 3.8) is 0 Å². The number of aromatic nitrogens is 2. The zero-order valence-corrected chi connectivity index (χ0v) is 13.3. The van der Waals surface area contributed by atoms with Gasteiger partial charge in [0.05, 0.1) is 17.3 Å². The van der Waals surface area contributed by atoms with Crippen molar-refractivity contribution in [2.75, 3.05) is 6.61 Å². The third kappa shape index (κ3) is 2.93. The molecular weight excluding hydrogens is 320 g/mol. The highest BCUT2D eigenvalue weighted by Crippen LogP contribution is 2.24. The quantitative estimate of drug-likeness (QED) is 0.779. The lowest BCUT2D eigenvalue weighted by Gasteiger charge is -2.11. The minimum atomic E-state index is -0.0652. The van der Waals surface area contributed by atoms with E-state index in [9.17, 15) is 4.79 Å². The van der Waals surface area contributed by atoms with Crippen LogP contribution in [-0.4, -0.2) is 22.2 Å². The molecule has 0 aliphatic heterocycles. The van der Waals surface area contributed by atoms with Crippen molar-refractivity contribution in [3.8, 4) is 5.75 Å². The highest BCUT2D eigenvalue weighted by molar-refractivity contribution is 9.10. The van der Waals surface area contributed by atoms with E-state index in [4.69, 9.17) is 4.74 Å². The van der Waals surface area contributed by atoms with Gasteiger partial charge in [-0.15, -0.1) is 0 Å². The second-order valence-electron chi connectivity index (χ2n) is 4.67. The number of benzene rings is 1. The van der Waals surface area contributed by atoms with Crippen LogP contribution in [0.4, 0.5) is 0 Å². The van der Waals surface area contributed by atoms with E-state index in [-0.39, 0.29) is 11.8 Å². The summed E-state index contributed by atoms with van der Waals surface area (Å²) in [6, 6.07) is 7.33. The summed E-state index contributed by atoms with van der Waals surface area (Å²) in [6.45, 7) is 6.48. The zero-order chi connectivity index (χ0) is 14.7. The Balaban J connectivity index is 2.41. The number of hydrogen-bond donors (Lipinski definition) is 0. The summed E-state index contributed by atoms with van der Waals surface area (Å²) >= 11 is 3.40. The predicted octanol–water partition coefficient (Wildman–Crippen LogP) is 3.86. The average molecular weight is 337 g/mol. The van der Waals surface area contributed by atoms with Gasteiger partial charge < -0.3 is 4.74 Å². The molecule has 0 amide bonds. The Kier molecular flexibility index (Phi) is 4.60. The van der Waals surface area contributed by atoms with Gasteiger partial charge in [0.2, 0.25) is 5.78 Å². The minimum absolute atomic E-state index is 0.0652. The van der Waals surface area contributed by atoms with E-state index in [1.807, 2.05) is 32.9 Å². The fraction of sp³-hybridized carbons (Fsp3) is 0.333. The average Bonchev–Trinajstić information content (AvgIpc) is 2.81. The number of rotatable bonds is 5. The molecule has 0 aliphatic rings. The van der Waals surface area contributed by atoms with Crippen LogP contribution in [0.15, 0.2) is 34.9 Å². The summed E-state index contributed by atoms with van der Waals surface area (Å²) in [5.41, 5.74) is 1.16. The molecule has 20 heavy (non-hydrogen) atoms. The molecule has 0 bridgehead atoms. The highest BCUT2D eigenvalue weighted by atomic mass is 79.9. The van der Waals surface area contributed by atoms with Gasteiger partial charge >= 0.3 is 0 Å². The van der Waals surface area contributed by atoms with Gasteiger partial charge in [0, 0.05) is 11.6 Å². The third-order valence-corrected chi connectivity index (χ3v) is 3.44. The van der Waals surface area contributed by atoms with Gasteiger partial charge in [-0.25, -0.2) is 0 Å². The van der Waals surface area contributed by atoms with Crippen LogP contribution in [-0.2, 0) is 0 Å². The van der Waals surface area contributed by atoms with Gasteiger partial charge in [0.25, 0.3) is 0 Å². The fourth-order valence-electron chi connectivity index (χ4n) is 1.98. The first kappa shape index (κ1) is 14.8. The Bertz CT molecular complexity index is 620. The van der Waals surface area contributed by atoms with Crippen LogP contribution in [0.1, 0.15) is 42.9 Å². The number of halogens is 1. The number of carbonyl (C=O) groups excluding carboxylic acids is 1. The minimum Gasteiger partial charge on any atom is -0.494 e. The highest BCUT2D eigenvalue weighted by Gasteiger charge is 2.20. The fourth-order valence-corrected chi connectivity index (χ4v) is 2.43. The molecule has 2 aromatic rings. The lowest BCUT2D eigenvalue weighted by atomic mass is 10.1. The van der Waals surface area contributed by atoms with E-state index < -0.39 is 0 Å². The van der Waals surface area contributed by atoms with Crippen LogP contribution in [0.5, 0.6) is 5.75 Å². The molecule has 1 heterocycles. The molecule has 0 saturated carbocycles. The summed E-state index contributed by atoms with van der Waals surface area (Å²) in [6.07, 6.45) is 1.65. The van der Waals surface area contributed by atoms with Crippen LogP contribution < -0.4 is 4.74 Å². The van der Waals surface area contributed by atoms with Gasteiger partial charge in [-0.3, -0.25) is 9.48 Å². The summed E-state index contributed by atoms with van der Waals surface area (Å²) in [5, 5.41) is 4.24. The zero-order valence-electron chi connectivity index (χ0n) is 11.8. The molecule has 0 saturated heterocycles. The standard InChI is InChI=1S/C15H17BrN2O2/c1-4-20-12-7-5-6-11(8-12)15(19)14-13(16)9-17-18(14)10(2)3/h5-10H,4H2,1-3H3. The Morgan fingerprint density at radius 2 is 2.20 bits per heavy atom. The van der Waals surface area contributed by atoms with Crippen molar-refractivity contribution in [1.29, 1.82) is 0 Å². The van der Waals surface area contributed by atoms with E-state index in [0.717, 1.165) is 0 Å². The molecule has 0 N–H and O–H groups in total. The normalized spacial score (nSPS) is 10.8. The van der Waals surface area contributed by atoms with Gasteiger partial charge in [-0.1, -0.05) is 12.1 Å². The first-order valence-electron chi connectivity index (χ1n) is 6.55. The molecule has 1 aromatic carbocycles. The maximum atomic E-state index is 12.7. The first-order valence-corrected chi connectivity index (χ1v) is 7.34. The lowest BCUT2D eigenvalue weighted by molar-refractivity contribution is 0.102. The van der Waals surface area contributed by atoms with Crippen molar-refractivity contribution in [2.24, 2.45) is 0 Å². The topological polar surface area (TPSA) is 44.1 Å². The number of nitrogens with zero attached hydrogens (tertiary/aromatic N) is 2. The smallest absolute Gasteiger partial charge is 0.212 e. The largest absolute Gasteiger partial charge is 0.494 e. The summed E-state index contributed by atoms with van der Waals surface area (Å²) in [4.78, 5) is 12.7. The molecule has 0 fully saturated rings. The van der Waals surface area contributed by atoms with Gasteiger partial charge in [0.1, 0.15) is 11.4 Å². The number of hydrogen-bond acceptors (Lipinski definition) is 3. The van der Waals surface area contributed by atoms with Crippen LogP contribution in [0, 0.1) is 0 Å². The van der Waals surface area contributed by atoms with E-state index in [1.54, 1.807) is 23.0 Å². The molecule has 0 spiro atoms. The van der Waals surface area contributed by atoms with Crippen LogP contribution in [0.2, 0.25) is 0 Å². The van der Waals surface area contributed by atoms with Crippen molar-refractivity contribution >= 4 is 21.7 Å². The Morgan fingerprint density at radius 1 is 1.45 bits per heavy atom. The summed E-state index contributed by atoms with van der Waals surface area (Å²) in [5.74, 6) is 0.634. The number of ketones is 1. The number of carbonyl (C=O) groups is 1. The van der Waals surface area contributed by atoms with Crippen molar-refractivity contribution < 1.29 is 9.53 Å². The summed E-state index contributed by atoms with van der Waals surface area (Å²) in [7, 11) is 0. The molecule has 2 rings (SSSR count). The summed E-state index contributed by atoms with van der Waals surface area (Å²) < 4.78 is 7.86. The van der Waals surface area contributed by atoms with E-state index in [1.165, 1.54) is 0 Å². The Labute approximate surface area is 126 Å². The monoisotopic (exact) mass is 336 g/mol. The molecule has 0 radical (unpaired) electrons. The molecule has 0 atom stereocenters. The molecular formula is C15H17BrN2O2. The first-order chi connectivity index (χ1) is 9.54. The predicted molar refractivity (Wildman–Crippen MR) is 81.4 cm³/mol.